The van der Waals surface area contributed by atoms with Gasteiger partial charge in [0.1, 0.15) is 11.6 Å². The Hall–Kier alpha value is -3.85. The summed E-state index contributed by atoms with van der Waals surface area (Å²) in [7, 11) is -3.73. The molecule has 2 N–H and O–H groups in total. The molecular weight excluding hydrogens is 481 g/mol. The number of halogens is 1. The molecule has 0 aliphatic heterocycles. The van der Waals surface area contributed by atoms with Gasteiger partial charge >= 0.3 is 6.03 Å². The molecule has 2 amide bonds. The van der Waals surface area contributed by atoms with E-state index in [1.54, 1.807) is 55.5 Å². The Bertz CT molecular complexity index is 1480. The van der Waals surface area contributed by atoms with Crippen LogP contribution >= 0.6 is 0 Å². The van der Waals surface area contributed by atoms with Crippen LogP contribution in [0.15, 0.2) is 77.7 Å². The third-order valence-electron chi connectivity index (χ3n) is 5.83. The van der Waals surface area contributed by atoms with E-state index in [1.165, 1.54) is 12.1 Å². The first-order chi connectivity index (χ1) is 17.3. The summed E-state index contributed by atoms with van der Waals surface area (Å²) >= 11 is 0. The fourth-order valence-electron chi connectivity index (χ4n) is 4.19. The Morgan fingerprint density at radius 1 is 1.00 bits per heavy atom. The highest BCUT2D eigenvalue weighted by Gasteiger charge is 2.25. The van der Waals surface area contributed by atoms with Crippen LogP contribution < -0.4 is 15.4 Å². The molecule has 0 saturated carbocycles. The van der Waals surface area contributed by atoms with Gasteiger partial charge in [0.25, 0.3) is 0 Å². The highest BCUT2D eigenvalue weighted by atomic mass is 32.2. The van der Waals surface area contributed by atoms with E-state index in [1.807, 2.05) is 23.6 Å². The second-order valence-corrected chi connectivity index (χ2v) is 10.3. The lowest BCUT2D eigenvalue weighted by Crippen LogP contribution is -2.33. The molecule has 0 bridgehead atoms. The number of aromatic nitrogens is 1. The standard InChI is InChI=1S/C27H28FN3O4S/c1-3-35-25-11-7-5-9-23(25)30-27(32)29-16-17-36(33,34)26-19(2)31(24-10-6-4-8-22(24)26)18-20-12-14-21(28)15-13-20/h4-15H,3,16-18H2,1-2H3,(H2,29,30,32). The third kappa shape index (κ3) is 5.52. The lowest BCUT2D eigenvalue weighted by Gasteiger charge is -2.12. The van der Waals surface area contributed by atoms with Gasteiger partial charge in [0, 0.05) is 29.7 Å². The lowest BCUT2D eigenvalue weighted by molar-refractivity contribution is 0.252. The van der Waals surface area contributed by atoms with Gasteiger partial charge < -0.3 is 19.9 Å². The van der Waals surface area contributed by atoms with Gasteiger partial charge in [-0.15, -0.1) is 0 Å². The predicted molar refractivity (Wildman–Crippen MR) is 139 cm³/mol. The summed E-state index contributed by atoms with van der Waals surface area (Å²) in [4.78, 5) is 12.6. The monoisotopic (exact) mass is 509 g/mol. The Morgan fingerprint density at radius 2 is 1.69 bits per heavy atom. The molecule has 36 heavy (non-hydrogen) atoms. The van der Waals surface area contributed by atoms with E-state index in [2.05, 4.69) is 10.6 Å². The quantitative estimate of drug-likeness (QED) is 0.327. The molecule has 0 spiro atoms. The zero-order valence-electron chi connectivity index (χ0n) is 20.1. The van der Waals surface area contributed by atoms with Gasteiger partial charge in [0.2, 0.25) is 0 Å². The van der Waals surface area contributed by atoms with Crippen LogP contribution in [0.5, 0.6) is 5.75 Å². The number of fused-ring (bicyclic) bond motifs is 1. The van der Waals surface area contributed by atoms with Gasteiger partial charge in [-0.1, -0.05) is 42.5 Å². The largest absolute Gasteiger partial charge is 0.492 e. The molecule has 7 nitrogen and oxygen atoms in total. The summed E-state index contributed by atoms with van der Waals surface area (Å²) in [6.07, 6.45) is 0. The Labute approximate surface area is 209 Å². The van der Waals surface area contributed by atoms with Crippen molar-refractivity contribution in [3.05, 3.63) is 89.9 Å². The molecule has 4 rings (SSSR count). The first-order valence-electron chi connectivity index (χ1n) is 11.6. The van der Waals surface area contributed by atoms with Crippen molar-refractivity contribution in [3.8, 4) is 5.75 Å². The number of nitrogens with zero attached hydrogens (tertiary/aromatic N) is 1. The van der Waals surface area contributed by atoms with Gasteiger partial charge in [-0.3, -0.25) is 0 Å². The number of sulfone groups is 1. The van der Waals surface area contributed by atoms with Gasteiger partial charge in [0.05, 0.1) is 22.9 Å². The number of carbonyl (C=O) groups is 1. The average molecular weight is 510 g/mol. The maximum atomic E-state index is 13.4. The van der Waals surface area contributed by atoms with Gasteiger partial charge in [-0.05, 0) is 49.7 Å². The number of hydrogen-bond donors (Lipinski definition) is 2. The van der Waals surface area contributed by atoms with E-state index in [-0.39, 0.29) is 23.0 Å². The van der Waals surface area contributed by atoms with Crippen molar-refractivity contribution in [3.63, 3.8) is 0 Å². The summed E-state index contributed by atoms with van der Waals surface area (Å²) in [6.45, 7) is 4.40. The van der Waals surface area contributed by atoms with Gasteiger partial charge in [-0.2, -0.15) is 0 Å². The summed E-state index contributed by atoms with van der Waals surface area (Å²) in [5.74, 6) is -0.0553. The molecular formula is C27H28FN3O4S. The molecule has 1 heterocycles. The van der Waals surface area contributed by atoms with Crippen LogP contribution in [0, 0.1) is 12.7 Å². The van der Waals surface area contributed by atoms with Crippen LogP contribution in [-0.4, -0.2) is 37.9 Å². The summed E-state index contributed by atoms with van der Waals surface area (Å²) in [5, 5.41) is 5.93. The molecule has 0 aliphatic rings. The topological polar surface area (TPSA) is 89.4 Å². The maximum absolute atomic E-state index is 13.4. The van der Waals surface area contributed by atoms with Crippen molar-refractivity contribution >= 4 is 32.5 Å². The molecule has 0 aliphatic carbocycles. The summed E-state index contributed by atoms with van der Waals surface area (Å²) in [6, 6.07) is 19.9. The molecule has 4 aromatic rings. The Morgan fingerprint density at radius 3 is 2.44 bits per heavy atom. The van der Waals surface area contributed by atoms with Crippen LogP contribution in [0.3, 0.4) is 0 Å². The molecule has 0 radical (unpaired) electrons. The zero-order chi connectivity index (χ0) is 25.7. The van der Waals surface area contributed by atoms with E-state index < -0.39 is 15.9 Å². The first-order valence-corrected chi connectivity index (χ1v) is 13.3. The van der Waals surface area contributed by atoms with Crippen LogP contribution in [0.1, 0.15) is 18.2 Å². The average Bonchev–Trinajstić information content (AvgIpc) is 3.13. The Balaban J connectivity index is 1.51. The van der Waals surface area contributed by atoms with Crippen molar-refractivity contribution in [2.24, 2.45) is 0 Å². The number of hydrogen-bond acceptors (Lipinski definition) is 4. The molecule has 0 saturated heterocycles. The summed E-state index contributed by atoms with van der Waals surface area (Å²) < 4.78 is 47.6. The van der Waals surface area contributed by atoms with Gasteiger partial charge in [-0.25, -0.2) is 17.6 Å². The van der Waals surface area contributed by atoms with Gasteiger partial charge in [0.15, 0.2) is 9.84 Å². The van der Waals surface area contributed by atoms with Crippen LogP contribution in [-0.2, 0) is 16.4 Å². The number of nitrogens with one attached hydrogen (secondary N) is 2. The number of rotatable bonds is 9. The smallest absolute Gasteiger partial charge is 0.319 e. The number of anilines is 1. The van der Waals surface area contributed by atoms with Crippen LogP contribution in [0.2, 0.25) is 0 Å². The summed E-state index contributed by atoms with van der Waals surface area (Å²) in [5.41, 5.74) is 2.72. The fourth-order valence-corrected chi connectivity index (χ4v) is 5.83. The van der Waals surface area contributed by atoms with E-state index in [4.69, 9.17) is 4.74 Å². The van der Waals surface area contributed by atoms with Crippen molar-refractivity contribution in [1.29, 1.82) is 0 Å². The van der Waals surface area contributed by atoms with E-state index in [0.29, 0.717) is 35.7 Å². The number of benzene rings is 3. The second kappa shape index (κ2) is 10.8. The minimum absolute atomic E-state index is 0.0676. The number of para-hydroxylation sites is 3. The predicted octanol–water partition coefficient (Wildman–Crippen LogP) is 5.13. The van der Waals surface area contributed by atoms with Crippen molar-refractivity contribution in [2.75, 3.05) is 24.2 Å². The maximum Gasteiger partial charge on any atom is 0.319 e. The van der Waals surface area contributed by atoms with Crippen molar-refractivity contribution < 1.29 is 22.3 Å². The number of carbonyl (C=O) groups excluding carboxylic acids is 1. The fraction of sp³-hybridized carbons (Fsp3) is 0.222. The Kier molecular flexibility index (Phi) is 7.59. The lowest BCUT2D eigenvalue weighted by atomic mass is 10.2. The van der Waals surface area contributed by atoms with Crippen LogP contribution in [0.4, 0.5) is 14.9 Å². The minimum Gasteiger partial charge on any atom is -0.492 e. The van der Waals surface area contributed by atoms with E-state index >= 15 is 0 Å². The van der Waals surface area contributed by atoms with Crippen molar-refractivity contribution in [2.45, 2.75) is 25.3 Å². The molecule has 3 aromatic carbocycles. The minimum atomic E-state index is -3.73. The van der Waals surface area contributed by atoms with Crippen molar-refractivity contribution in [1.82, 2.24) is 9.88 Å². The zero-order valence-corrected chi connectivity index (χ0v) is 20.9. The van der Waals surface area contributed by atoms with E-state index in [9.17, 15) is 17.6 Å². The molecule has 0 atom stereocenters. The molecule has 188 valence electrons. The molecule has 0 fully saturated rings. The normalized spacial score (nSPS) is 11.4. The molecule has 1 aromatic heterocycles. The highest BCUT2D eigenvalue weighted by Crippen LogP contribution is 2.31. The second-order valence-electron chi connectivity index (χ2n) is 8.27. The molecule has 0 unspecified atom stereocenters. The number of ether oxygens (including phenoxy) is 1. The first kappa shape index (κ1) is 25.2. The number of amides is 2. The van der Waals surface area contributed by atoms with Crippen LogP contribution in [0.25, 0.3) is 10.9 Å². The SMILES string of the molecule is CCOc1ccccc1NC(=O)NCCS(=O)(=O)c1c(C)n(Cc2ccc(F)cc2)c2ccccc12. The van der Waals surface area contributed by atoms with E-state index in [0.717, 1.165) is 11.1 Å². The third-order valence-corrected chi connectivity index (χ3v) is 7.71. The highest BCUT2D eigenvalue weighted by molar-refractivity contribution is 7.91. The molecule has 9 heteroatoms. The number of urea groups is 1.